The van der Waals surface area contributed by atoms with Crippen molar-refractivity contribution in [3.63, 3.8) is 0 Å². The Morgan fingerprint density at radius 2 is 1.60 bits per heavy atom. The molecule has 0 saturated carbocycles. The first-order valence-electron chi connectivity index (χ1n) is 4.22. The summed E-state index contributed by atoms with van der Waals surface area (Å²) in [5.41, 5.74) is 2.28. The number of hydrogen-bond donors (Lipinski definition) is 1. The second-order valence-electron chi connectivity index (χ2n) is 3.20. The topological polar surface area (TPSA) is 28.7 Å². The second kappa shape index (κ2) is 3.67. The van der Waals surface area contributed by atoms with Crippen molar-refractivity contribution >= 4 is 75.9 Å². The van der Waals surface area contributed by atoms with Gasteiger partial charge < -0.3 is 4.98 Å². The van der Waals surface area contributed by atoms with Crippen LogP contribution in [0.3, 0.4) is 0 Å². The Kier molecular flexibility index (Phi) is 2.63. The smallest absolute Gasteiger partial charge is 0.122 e. The van der Waals surface area contributed by atoms with Gasteiger partial charge in [0.2, 0.25) is 0 Å². The molecule has 0 bridgehead atoms. The zero-order valence-electron chi connectivity index (χ0n) is 7.84. The Labute approximate surface area is 97.8 Å². The number of nitrogens with zero attached hydrogens (tertiary/aromatic N) is 1. The van der Waals surface area contributed by atoms with E-state index in [4.69, 9.17) is 43.0 Å². The van der Waals surface area contributed by atoms with Gasteiger partial charge in [0.05, 0.1) is 16.9 Å². The van der Waals surface area contributed by atoms with Gasteiger partial charge in [0.25, 0.3) is 0 Å². The molecule has 0 saturated heterocycles. The minimum atomic E-state index is 0.243. The number of aromatic nitrogens is 2. The van der Waals surface area contributed by atoms with Crippen LogP contribution in [-0.2, 0) is 5.88 Å². The average Bonchev–Trinajstić information content (AvgIpc) is 2.67. The lowest BCUT2D eigenvalue weighted by atomic mass is 9.66. The zero-order chi connectivity index (χ0) is 11.2. The molecular formula is C8H3B4ClN2. The highest BCUT2D eigenvalue weighted by molar-refractivity contribution is 6.66. The number of nitrogens with one attached hydrogen (secondary N) is 1. The monoisotopic (exact) mass is 206 g/mol. The molecule has 8 radical (unpaired) electrons. The molecule has 0 aliphatic rings. The molecule has 7 heteroatoms. The lowest BCUT2D eigenvalue weighted by molar-refractivity contribution is 1.14. The van der Waals surface area contributed by atoms with E-state index >= 15 is 0 Å². The minimum Gasteiger partial charge on any atom is -0.341 e. The van der Waals surface area contributed by atoms with Crippen molar-refractivity contribution in [2.45, 2.75) is 5.88 Å². The first-order chi connectivity index (χ1) is 7.06. The number of imidazole rings is 1. The van der Waals surface area contributed by atoms with Crippen LogP contribution in [0.2, 0.25) is 0 Å². The summed E-state index contributed by atoms with van der Waals surface area (Å²) in [5.74, 6) is 0.822. The predicted octanol–water partition coefficient (Wildman–Crippen LogP) is -2.52. The molecule has 2 nitrogen and oxygen atoms in total. The number of H-pyrrole nitrogens is 1. The molecule has 1 heterocycles. The van der Waals surface area contributed by atoms with Crippen LogP contribution in [0.15, 0.2) is 0 Å². The molecule has 0 aliphatic heterocycles. The van der Waals surface area contributed by atoms with E-state index < -0.39 is 0 Å². The summed E-state index contributed by atoms with van der Waals surface area (Å²) in [5, 5.41) is 0. The van der Waals surface area contributed by atoms with E-state index in [9.17, 15) is 0 Å². The molecule has 1 aromatic heterocycles. The summed E-state index contributed by atoms with van der Waals surface area (Å²) >= 11 is 5.64. The van der Waals surface area contributed by atoms with Crippen molar-refractivity contribution in [1.29, 1.82) is 0 Å². The average molecular weight is 206 g/mol. The van der Waals surface area contributed by atoms with Gasteiger partial charge >= 0.3 is 0 Å². The normalized spacial score (nSPS) is 11.0. The van der Waals surface area contributed by atoms with E-state index in [0.717, 1.165) is 0 Å². The summed E-state index contributed by atoms with van der Waals surface area (Å²) in [4.78, 5) is 7.10. The molecule has 0 unspecified atom stereocenters. The van der Waals surface area contributed by atoms with Gasteiger partial charge in [0.1, 0.15) is 37.2 Å². The van der Waals surface area contributed by atoms with Crippen LogP contribution in [0, 0.1) is 0 Å². The van der Waals surface area contributed by atoms with Crippen molar-refractivity contribution in [1.82, 2.24) is 9.97 Å². The molecular weight excluding hydrogens is 203 g/mol. The number of hydrogen-bond acceptors (Lipinski definition) is 1. The summed E-state index contributed by atoms with van der Waals surface area (Å²) in [6.45, 7) is 0. The van der Waals surface area contributed by atoms with Crippen molar-refractivity contribution in [3.05, 3.63) is 5.82 Å². The van der Waals surface area contributed by atoms with Crippen LogP contribution >= 0.6 is 11.6 Å². The van der Waals surface area contributed by atoms with E-state index in [1.807, 2.05) is 0 Å². The highest BCUT2D eigenvalue weighted by Gasteiger charge is 2.11. The summed E-state index contributed by atoms with van der Waals surface area (Å²) in [6, 6.07) is 0. The number of aromatic amines is 1. The lowest BCUT2D eigenvalue weighted by Crippen LogP contribution is -2.47. The Balaban J connectivity index is 2.90. The molecule has 64 valence electrons. The quantitative estimate of drug-likeness (QED) is 0.404. The third-order valence-electron chi connectivity index (χ3n) is 2.27. The van der Waals surface area contributed by atoms with E-state index in [2.05, 4.69) is 9.97 Å². The SMILES string of the molecule is [B]c1c([B])c([B])c2[nH]c(CCl)nc2c1[B]. The van der Waals surface area contributed by atoms with Gasteiger partial charge in [-0.25, -0.2) is 4.98 Å². The van der Waals surface area contributed by atoms with E-state index in [-0.39, 0.29) is 16.8 Å². The summed E-state index contributed by atoms with van der Waals surface area (Å²) < 4.78 is 0. The van der Waals surface area contributed by atoms with E-state index in [0.29, 0.717) is 27.8 Å². The lowest BCUT2D eigenvalue weighted by Gasteiger charge is -2.11. The molecule has 0 atom stereocenters. The van der Waals surface area contributed by atoms with Crippen molar-refractivity contribution in [2.75, 3.05) is 0 Å². The van der Waals surface area contributed by atoms with Crippen LogP contribution in [0.4, 0.5) is 0 Å². The second-order valence-corrected chi connectivity index (χ2v) is 3.46. The standard InChI is InChI=1S/C8H3B4ClN2/c9-3-4(10)6(12)8-7(5(3)11)14-2(1-13)15-8/h1H2,(H,14,15). The highest BCUT2D eigenvalue weighted by atomic mass is 35.5. The fourth-order valence-corrected chi connectivity index (χ4v) is 1.55. The number of benzene rings is 1. The molecule has 0 spiro atoms. The van der Waals surface area contributed by atoms with Gasteiger partial charge in [-0.05, 0) is 0 Å². The van der Waals surface area contributed by atoms with Gasteiger partial charge in [-0.3, -0.25) is 0 Å². The first kappa shape index (κ1) is 10.7. The fraction of sp³-hybridized carbons (Fsp3) is 0.125. The third kappa shape index (κ3) is 1.51. The predicted molar refractivity (Wildman–Crippen MR) is 67.2 cm³/mol. The molecule has 1 aromatic carbocycles. The molecule has 1 N–H and O–H groups in total. The van der Waals surface area contributed by atoms with Gasteiger partial charge in [-0.15, -0.1) is 22.5 Å². The van der Waals surface area contributed by atoms with Gasteiger partial charge in [-0.2, -0.15) is 0 Å². The van der Waals surface area contributed by atoms with Gasteiger partial charge in [-0.1, -0.05) is 10.9 Å². The van der Waals surface area contributed by atoms with Gasteiger partial charge in [0, 0.05) is 0 Å². The molecule has 2 aromatic rings. The number of rotatable bonds is 1. The highest BCUT2D eigenvalue weighted by Crippen LogP contribution is 2.05. The maximum absolute atomic E-state index is 5.78. The summed E-state index contributed by atoms with van der Waals surface area (Å²) in [7, 11) is 22.9. The molecule has 0 fully saturated rings. The Morgan fingerprint density at radius 1 is 1.00 bits per heavy atom. The van der Waals surface area contributed by atoms with Crippen LogP contribution in [0.5, 0.6) is 0 Å². The van der Waals surface area contributed by atoms with Crippen LogP contribution in [0.25, 0.3) is 11.0 Å². The Hall–Kier alpha value is -0.760. The van der Waals surface area contributed by atoms with E-state index in [1.165, 1.54) is 0 Å². The first-order valence-corrected chi connectivity index (χ1v) is 4.76. The number of halogens is 1. The van der Waals surface area contributed by atoms with Crippen LogP contribution in [0.1, 0.15) is 5.82 Å². The molecule has 2 rings (SSSR count). The third-order valence-corrected chi connectivity index (χ3v) is 2.53. The molecule has 15 heavy (non-hydrogen) atoms. The molecule has 0 amide bonds. The van der Waals surface area contributed by atoms with Crippen molar-refractivity contribution in [3.8, 4) is 0 Å². The Morgan fingerprint density at radius 3 is 2.20 bits per heavy atom. The minimum absolute atomic E-state index is 0.243. The number of alkyl halides is 1. The zero-order valence-corrected chi connectivity index (χ0v) is 8.60. The largest absolute Gasteiger partial charge is 0.341 e. The summed E-state index contributed by atoms with van der Waals surface area (Å²) in [6.07, 6.45) is 0. The van der Waals surface area contributed by atoms with Crippen molar-refractivity contribution in [2.24, 2.45) is 0 Å². The van der Waals surface area contributed by atoms with E-state index in [1.54, 1.807) is 0 Å². The Bertz CT molecular complexity index is 492. The fourth-order valence-electron chi connectivity index (χ4n) is 1.43. The van der Waals surface area contributed by atoms with Gasteiger partial charge in [0.15, 0.2) is 0 Å². The molecule has 0 aliphatic carbocycles. The maximum atomic E-state index is 5.78. The van der Waals surface area contributed by atoms with Crippen LogP contribution in [-0.4, -0.2) is 41.4 Å². The van der Waals surface area contributed by atoms with Crippen molar-refractivity contribution < 1.29 is 0 Å². The number of fused-ring (bicyclic) bond motifs is 1. The van der Waals surface area contributed by atoms with Crippen LogP contribution < -0.4 is 21.9 Å². The maximum Gasteiger partial charge on any atom is 0.122 e.